The summed E-state index contributed by atoms with van der Waals surface area (Å²) in [4.78, 5) is 8.79. The fourth-order valence-corrected chi connectivity index (χ4v) is 2.21. The van der Waals surface area contributed by atoms with Crippen LogP contribution in [-0.2, 0) is 4.74 Å². The molecule has 3 rings (SSSR count). The largest absolute Gasteiger partial charge is 0.477 e. The lowest BCUT2D eigenvalue weighted by atomic mass is 10.1. The molecular weight excluding hydrogens is 268 g/mol. The average Bonchev–Trinajstić information content (AvgIpc) is 3.07. The van der Waals surface area contributed by atoms with E-state index >= 15 is 0 Å². The Morgan fingerprint density at radius 2 is 2.14 bits per heavy atom. The molecule has 3 N–H and O–H groups in total. The van der Waals surface area contributed by atoms with Crippen LogP contribution < -0.4 is 16.0 Å². The Balaban J connectivity index is 1.79. The zero-order chi connectivity index (χ0) is 14.5. The number of hydrazine groups is 1. The van der Waals surface area contributed by atoms with Crippen LogP contribution in [0.5, 0.6) is 5.88 Å². The highest BCUT2D eigenvalue weighted by Gasteiger charge is 2.17. The molecule has 2 heterocycles. The Morgan fingerprint density at radius 3 is 2.86 bits per heavy atom. The van der Waals surface area contributed by atoms with E-state index in [9.17, 15) is 0 Å². The van der Waals surface area contributed by atoms with Gasteiger partial charge in [0, 0.05) is 24.2 Å². The van der Waals surface area contributed by atoms with Crippen LogP contribution in [0.15, 0.2) is 36.4 Å². The van der Waals surface area contributed by atoms with Crippen molar-refractivity contribution in [1.82, 2.24) is 9.97 Å². The maximum atomic E-state index is 5.77. The Morgan fingerprint density at radius 1 is 1.29 bits per heavy atom. The van der Waals surface area contributed by atoms with Gasteiger partial charge in [0.1, 0.15) is 5.82 Å². The van der Waals surface area contributed by atoms with Gasteiger partial charge in [-0.1, -0.05) is 30.3 Å². The van der Waals surface area contributed by atoms with Crippen LogP contribution in [0.4, 0.5) is 5.82 Å². The van der Waals surface area contributed by atoms with Crippen molar-refractivity contribution in [1.29, 1.82) is 0 Å². The molecule has 0 radical (unpaired) electrons. The predicted octanol–water partition coefficient (Wildman–Crippen LogP) is 1.84. The van der Waals surface area contributed by atoms with Crippen LogP contribution in [0.3, 0.4) is 0 Å². The van der Waals surface area contributed by atoms with Crippen LogP contribution >= 0.6 is 0 Å². The molecule has 1 saturated heterocycles. The lowest BCUT2D eigenvalue weighted by molar-refractivity contribution is 0.165. The van der Waals surface area contributed by atoms with Crippen molar-refractivity contribution in [2.45, 2.75) is 6.42 Å². The van der Waals surface area contributed by atoms with E-state index in [-0.39, 0.29) is 0 Å². The molecular formula is C15H18N4O2. The highest BCUT2D eigenvalue weighted by molar-refractivity contribution is 5.57. The van der Waals surface area contributed by atoms with E-state index in [0.29, 0.717) is 30.0 Å². The summed E-state index contributed by atoms with van der Waals surface area (Å²) in [5, 5.41) is 0. The number of hydrogen-bond donors (Lipinski definition) is 2. The summed E-state index contributed by atoms with van der Waals surface area (Å²) in [6.45, 7) is 2.15. The molecule has 21 heavy (non-hydrogen) atoms. The first-order valence-electron chi connectivity index (χ1n) is 6.97. The number of rotatable bonds is 5. The molecule has 0 spiro atoms. The van der Waals surface area contributed by atoms with Gasteiger partial charge >= 0.3 is 0 Å². The molecule has 110 valence electrons. The Kier molecular flexibility index (Phi) is 4.28. The smallest absolute Gasteiger partial charge is 0.219 e. The summed E-state index contributed by atoms with van der Waals surface area (Å²) in [5.74, 6) is 7.53. The number of nitrogens with one attached hydrogen (secondary N) is 1. The molecule has 1 aliphatic rings. The maximum Gasteiger partial charge on any atom is 0.219 e. The third-order valence-electron chi connectivity index (χ3n) is 3.37. The van der Waals surface area contributed by atoms with Gasteiger partial charge in [0.05, 0.1) is 13.2 Å². The predicted molar refractivity (Wildman–Crippen MR) is 79.7 cm³/mol. The third kappa shape index (κ3) is 3.48. The lowest BCUT2D eigenvalue weighted by Gasteiger charge is -2.11. The van der Waals surface area contributed by atoms with Crippen LogP contribution in [0.2, 0.25) is 0 Å². The minimum Gasteiger partial charge on any atom is -0.477 e. The van der Waals surface area contributed by atoms with Crippen molar-refractivity contribution in [3.05, 3.63) is 36.4 Å². The molecule has 1 aliphatic heterocycles. The minimum absolute atomic E-state index is 0.425. The Hall–Kier alpha value is -2.18. The molecule has 1 aromatic carbocycles. The van der Waals surface area contributed by atoms with Crippen LogP contribution in [0.1, 0.15) is 6.42 Å². The summed E-state index contributed by atoms with van der Waals surface area (Å²) in [5.41, 5.74) is 3.47. The van der Waals surface area contributed by atoms with Gasteiger partial charge in [0.2, 0.25) is 5.88 Å². The first-order valence-corrected chi connectivity index (χ1v) is 6.97. The van der Waals surface area contributed by atoms with Crippen molar-refractivity contribution in [2.75, 3.05) is 25.2 Å². The van der Waals surface area contributed by atoms with Crippen molar-refractivity contribution >= 4 is 5.82 Å². The lowest BCUT2D eigenvalue weighted by Crippen LogP contribution is -2.14. The molecule has 1 fully saturated rings. The molecule has 1 aromatic heterocycles. The Bertz CT molecular complexity index is 585. The first kappa shape index (κ1) is 13.8. The number of aromatic nitrogens is 2. The number of ether oxygens (including phenoxy) is 2. The highest BCUT2D eigenvalue weighted by Crippen LogP contribution is 2.22. The van der Waals surface area contributed by atoms with Gasteiger partial charge in [0.25, 0.3) is 0 Å². The fourth-order valence-electron chi connectivity index (χ4n) is 2.21. The Labute approximate surface area is 123 Å². The van der Waals surface area contributed by atoms with Gasteiger partial charge in [-0.05, 0) is 6.42 Å². The van der Waals surface area contributed by atoms with Gasteiger partial charge in [-0.3, -0.25) is 0 Å². The molecule has 0 amide bonds. The number of benzene rings is 1. The fraction of sp³-hybridized carbons (Fsp3) is 0.333. The molecule has 2 aromatic rings. The topological polar surface area (TPSA) is 82.3 Å². The zero-order valence-corrected chi connectivity index (χ0v) is 11.7. The van der Waals surface area contributed by atoms with Gasteiger partial charge in [0.15, 0.2) is 5.82 Å². The quantitative estimate of drug-likeness (QED) is 0.644. The van der Waals surface area contributed by atoms with Crippen LogP contribution in [0, 0.1) is 5.92 Å². The summed E-state index contributed by atoms with van der Waals surface area (Å²) in [7, 11) is 0. The average molecular weight is 286 g/mol. The van der Waals surface area contributed by atoms with E-state index in [1.54, 1.807) is 6.07 Å². The third-order valence-corrected chi connectivity index (χ3v) is 3.37. The van der Waals surface area contributed by atoms with Crippen LogP contribution in [0.25, 0.3) is 11.4 Å². The second kappa shape index (κ2) is 6.51. The number of nitrogens with zero attached hydrogens (tertiary/aromatic N) is 2. The summed E-state index contributed by atoms with van der Waals surface area (Å²) in [6, 6.07) is 11.4. The standard InChI is InChI=1S/C15H18N4O2/c16-19-13-8-14(21-10-11-6-7-20-9-11)18-15(17-13)12-4-2-1-3-5-12/h1-5,8,11H,6-7,9-10,16H2,(H,17,18,19). The van der Waals surface area contributed by atoms with E-state index in [2.05, 4.69) is 15.4 Å². The molecule has 0 saturated carbocycles. The molecule has 0 bridgehead atoms. The summed E-state index contributed by atoms with van der Waals surface area (Å²) in [6.07, 6.45) is 1.03. The first-order chi connectivity index (χ1) is 10.3. The van der Waals surface area contributed by atoms with Crippen molar-refractivity contribution in [3.63, 3.8) is 0 Å². The van der Waals surface area contributed by atoms with E-state index < -0.39 is 0 Å². The van der Waals surface area contributed by atoms with E-state index in [1.165, 1.54) is 0 Å². The second-order valence-corrected chi connectivity index (χ2v) is 4.97. The highest BCUT2D eigenvalue weighted by atomic mass is 16.5. The second-order valence-electron chi connectivity index (χ2n) is 4.97. The van der Waals surface area contributed by atoms with Crippen molar-refractivity contribution < 1.29 is 9.47 Å². The summed E-state index contributed by atoms with van der Waals surface area (Å²) < 4.78 is 11.1. The van der Waals surface area contributed by atoms with Crippen molar-refractivity contribution in [3.8, 4) is 17.3 Å². The van der Waals surface area contributed by atoms with E-state index in [1.807, 2.05) is 30.3 Å². The summed E-state index contributed by atoms with van der Waals surface area (Å²) >= 11 is 0. The number of nitrogens with two attached hydrogens (primary N) is 1. The molecule has 6 heteroatoms. The number of hydrogen-bond acceptors (Lipinski definition) is 6. The van der Waals surface area contributed by atoms with Crippen LogP contribution in [-0.4, -0.2) is 29.8 Å². The van der Waals surface area contributed by atoms with Crippen molar-refractivity contribution in [2.24, 2.45) is 11.8 Å². The monoisotopic (exact) mass is 286 g/mol. The number of nitrogen functional groups attached to an aromatic ring is 1. The zero-order valence-electron chi connectivity index (χ0n) is 11.7. The molecule has 1 unspecified atom stereocenters. The normalized spacial score (nSPS) is 17.7. The molecule has 0 aliphatic carbocycles. The van der Waals surface area contributed by atoms with E-state index in [4.69, 9.17) is 15.3 Å². The molecule has 6 nitrogen and oxygen atoms in total. The van der Waals surface area contributed by atoms with E-state index in [0.717, 1.165) is 25.2 Å². The number of anilines is 1. The van der Waals surface area contributed by atoms with Gasteiger partial charge < -0.3 is 14.9 Å². The molecule has 1 atom stereocenters. The SMILES string of the molecule is NNc1cc(OCC2CCOC2)nc(-c2ccccc2)n1. The van der Waals surface area contributed by atoms with Gasteiger partial charge in [-0.15, -0.1) is 0 Å². The maximum absolute atomic E-state index is 5.77. The van der Waals surface area contributed by atoms with Gasteiger partial charge in [-0.25, -0.2) is 10.8 Å². The van der Waals surface area contributed by atoms with Gasteiger partial charge in [-0.2, -0.15) is 4.98 Å². The minimum atomic E-state index is 0.425.